The quantitative estimate of drug-likeness (QED) is 0.392. The number of hydrogen-bond acceptors (Lipinski definition) is 6. The highest BCUT2D eigenvalue weighted by Crippen LogP contribution is 2.35. The lowest BCUT2D eigenvalue weighted by atomic mass is 9.81. The molecule has 7 nitrogen and oxygen atoms in total. The van der Waals surface area contributed by atoms with E-state index in [1.807, 2.05) is 24.3 Å². The number of nitrogens with zero attached hydrogens (tertiary/aromatic N) is 4. The number of likely N-dealkylation sites (tertiary alicyclic amines) is 1. The summed E-state index contributed by atoms with van der Waals surface area (Å²) in [7, 11) is 1.58. The number of halogens is 1. The van der Waals surface area contributed by atoms with Crippen LogP contribution in [0.5, 0.6) is 5.75 Å². The first-order valence-electron chi connectivity index (χ1n) is 12.3. The Morgan fingerprint density at radius 3 is 2.89 bits per heavy atom. The second-order valence-corrected chi connectivity index (χ2v) is 9.28. The van der Waals surface area contributed by atoms with E-state index in [0.717, 1.165) is 55.4 Å². The highest BCUT2D eigenvalue weighted by molar-refractivity contribution is 5.83. The number of aromatic nitrogens is 3. The van der Waals surface area contributed by atoms with Crippen LogP contribution in [0.25, 0.3) is 10.9 Å². The summed E-state index contributed by atoms with van der Waals surface area (Å²) in [6.45, 7) is 2.26. The number of piperidine rings is 1. The van der Waals surface area contributed by atoms with E-state index < -0.39 is 18.1 Å². The zero-order valence-electron chi connectivity index (χ0n) is 20.1. The van der Waals surface area contributed by atoms with Crippen LogP contribution in [0.2, 0.25) is 0 Å². The molecule has 3 atom stereocenters. The molecule has 0 amide bonds. The molecule has 1 aliphatic rings. The zero-order chi connectivity index (χ0) is 24.6. The summed E-state index contributed by atoms with van der Waals surface area (Å²) in [5.74, 6) is -0.609. The van der Waals surface area contributed by atoms with Crippen molar-refractivity contribution in [1.82, 2.24) is 19.9 Å². The van der Waals surface area contributed by atoms with Crippen molar-refractivity contribution in [1.29, 1.82) is 0 Å². The molecule has 0 spiro atoms. The molecule has 1 saturated heterocycles. The number of fused-ring (bicyclic) bond motifs is 1. The van der Waals surface area contributed by atoms with Crippen molar-refractivity contribution in [3.05, 3.63) is 60.3 Å². The van der Waals surface area contributed by atoms with E-state index in [0.29, 0.717) is 30.7 Å². The predicted molar refractivity (Wildman–Crippen MR) is 132 cm³/mol. The second-order valence-electron chi connectivity index (χ2n) is 9.28. The number of pyridine rings is 1. The highest BCUT2D eigenvalue weighted by atomic mass is 19.1. The van der Waals surface area contributed by atoms with Crippen molar-refractivity contribution in [2.75, 3.05) is 26.7 Å². The van der Waals surface area contributed by atoms with Gasteiger partial charge in [-0.25, -0.2) is 14.4 Å². The van der Waals surface area contributed by atoms with Gasteiger partial charge in [0, 0.05) is 30.0 Å². The molecule has 0 radical (unpaired) electrons. The number of carboxylic acids is 1. The van der Waals surface area contributed by atoms with Crippen LogP contribution in [0.1, 0.15) is 49.5 Å². The largest absolute Gasteiger partial charge is 0.497 e. The molecule has 1 fully saturated rings. The molecule has 3 heterocycles. The first kappa shape index (κ1) is 25.0. The van der Waals surface area contributed by atoms with Gasteiger partial charge in [0.1, 0.15) is 18.2 Å². The molecule has 0 bridgehead atoms. The maximum absolute atomic E-state index is 15.4. The van der Waals surface area contributed by atoms with E-state index in [2.05, 4.69) is 19.9 Å². The average Bonchev–Trinajstić information content (AvgIpc) is 2.89. The lowest BCUT2D eigenvalue weighted by Crippen LogP contribution is -2.44. The number of unbranched alkanes of at least 4 members (excludes halogenated alkanes) is 1. The molecule has 0 unspecified atom stereocenters. The van der Waals surface area contributed by atoms with Gasteiger partial charge in [-0.1, -0.05) is 0 Å². The van der Waals surface area contributed by atoms with Crippen molar-refractivity contribution in [3.63, 3.8) is 0 Å². The van der Waals surface area contributed by atoms with Crippen LogP contribution in [0, 0.1) is 11.8 Å². The number of ether oxygens (including phenoxy) is 1. The minimum absolute atomic E-state index is 0.0225. The number of carbonyl (C=O) groups is 1. The van der Waals surface area contributed by atoms with Crippen LogP contribution in [-0.2, 0) is 11.2 Å². The SMILES string of the molecule is COc1ccc2nccc([C@@H](F)CC[C@@H]3CCN(CCCCc4ccncn4)C[C@@H]3C(=O)O)c2c1. The normalized spacial score (nSPS) is 19.5. The molecule has 8 heteroatoms. The number of rotatable bonds is 11. The Balaban J connectivity index is 1.30. The summed E-state index contributed by atoms with van der Waals surface area (Å²) in [6, 6.07) is 9.09. The van der Waals surface area contributed by atoms with E-state index in [1.165, 1.54) is 0 Å². The summed E-state index contributed by atoms with van der Waals surface area (Å²) in [5.41, 5.74) is 2.34. The maximum atomic E-state index is 15.4. The van der Waals surface area contributed by atoms with Gasteiger partial charge in [-0.3, -0.25) is 9.78 Å². The van der Waals surface area contributed by atoms with Gasteiger partial charge in [0.2, 0.25) is 0 Å². The molecule has 35 heavy (non-hydrogen) atoms. The third kappa shape index (κ3) is 6.51. The van der Waals surface area contributed by atoms with E-state index in [4.69, 9.17) is 4.74 Å². The molecule has 1 aromatic carbocycles. The zero-order valence-corrected chi connectivity index (χ0v) is 20.1. The van der Waals surface area contributed by atoms with E-state index in [-0.39, 0.29) is 5.92 Å². The standard InChI is InChI=1S/C27H33FN4O3/c1-35-21-6-8-26-23(16-21)22(10-13-30-26)25(28)7-5-19-11-15-32(17-24(19)27(33)34)14-3-2-4-20-9-12-29-18-31-20/h6,8-10,12-13,16,18-19,24-25H,2-5,7,11,14-15,17H2,1H3,(H,33,34)/t19-,24+,25+/m1/s1. The van der Waals surface area contributed by atoms with Crippen molar-refractivity contribution in [3.8, 4) is 5.75 Å². The number of methoxy groups -OCH3 is 1. The van der Waals surface area contributed by atoms with Gasteiger partial charge in [-0.2, -0.15) is 0 Å². The van der Waals surface area contributed by atoms with E-state index >= 15 is 4.39 Å². The highest BCUT2D eigenvalue weighted by Gasteiger charge is 2.34. The number of alkyl halides is 1. The Bertz CT molecular complexity index is 1110. The van der Waals surface area contributed by atoms with Gasteiger partial charge < -0.3 is 14.7 Å². The number of aryl methyl sites for hydroxylation is 1. The smallest absolute Gasteiger partial charge is 0.308 e. The third-order valence-corrected chi connectivity index (χ3v) is 7.07. The second kappa shape index (κ2) is 12.0. The number of benzene rings is 1. The average molecular weight is 481 g/mol. The first-order valence-corrected chi connectivity index (χ1v) is 12.3. The summed E-state index contributed by atoms with van der Waals surface area (Å²) < 4.78 is 20.7. The Labute approximate surface area is 205 Å². The Morgan fingerprint density at radius 1 is 1.23 bits per heavy atom. The lowest BCUT2D eigenvalue weighted by molar-refractivity contribution is -0.146. The van der Waals surface area contributed by atoms with E-state index in [1.54, 1.807) is 31.9 Å². The molecule has 0 aliphatic carbocycles. The third-order valence-electron chi connectivity index (χ3n) is 7.07. The monoisotopic (exact) mass is 480 g/mol. The Morgan fingerprint density at radius 2 is 2.11 bits per heavy atom. The fourth-order valence-corrected chi connectivity index (χ4v) is 5.07. The fraction of sp³-hybridized carbons (Fsp3) is 0.481. The van der Waals surface area contributed by atoms with Gasteiger partial charge in [0.25, 0.3) is 0 Å². The first-order chi connectivity index (χ1) is 17.0. The van der Waals surface area contributed by atoms with Crippen LogP contribution in [0.3, 0.4) is 0 Å². The van der Waals surface area contributed by atoms with Crippen molar-refractivity contribution in [2.45, 2.75) is 44.7 Å². The minimum Gasteiger partial charge on any atom is -0.497 e. The molecular weight excluding hydrogens is 447 g/mol. The van der Waals surface area contributed by atoms with Crippen molar-refractivity contribution in [2.24, 2.45) is 11.8 Å². The molecule has 0 saturated carbocycles. The molecule has 4 rings (SSSR count). The Kier molecular flexibility index (Phi) is 8.58. The predicted octanol–water partition coefficient (Wildman–Crippen LogP) is 4.87. The van der Waals surface area contributed by atoms with Crippen LogP contribution in [-0.4, -0.2) is 57.7 Å². The molecular formula is C27H33FN4O3. The summed E-state index contributed by atoms with van der Waals surface area (Å²) in [6.07, 6.45) is 8.28. The van der Waals surface area contributed by atoms with Gasteiger partial charge in [0.05, 0.1) is 18.5 Å². The van der Waals surface area contributed by atoms with Gasteiger partial charge in [-0.15, -0.1) is 0 Å². The number of aliphatic carboxylic acids is 1. The van der Waals surface area contributed by atoms with Crippen LogP contribution in [0.15, 0.2) is 49.1 Å². The minimum atomic E-state index is -1.18. The summed E-state index contributed by atoms with van der Waals surface area (Å²) >= 11 is 0. The van der Waals surface area contributed by atoms with Crippen molar-refractivity contribution >= 4 is 16.9 Å². The van der Waals surface area contributed by atoms with Gasteiger partial charge in [0.15, 0.2) is 0 Å². The van der Waals surface area contributed by atoms with Crippen LogP contribution in [0.4, 0.5) is 4.39 Å². The summed E-state index contributed by atoms with van der Waals surface area (Å²) in [4.78, 5) is 26.8. The fourth-order valence-electron chi connectivity index (χ4n) is 5.07. The molecule has 2 aromatic heterocycles. The van der Waals surface area contributed by atoms with E-state index in [9.17, 15) is 9.90 Å². The van der Waals surface area contributed by atoms with Crippen LogP contribution < -0.4 is 4.74 Å². The molecule has 3 aromatic rings. The molecule has 1 aliphatic heterocycles. The van der Waals surface area contributed by atoms with Crippen molar-refractivity contribution < 1.29 is 19.0 Å². The summed E-state index contributed by atoms with van der Waals surface area (Å²) in [5, 5.41) is 10.6. The number of carboxylic acid groups (broad SMARTS) is 1. The number of hydrogen-bond donors (Lipinski definition) is 1. The molecule has 1 N–H and O–H groups in total. The van der Waals surface area contributed by atoms with Gasteiger partial charge in [-0.05, 0) is 93.4 Å². The maximum Gasteiger partial charge on any atom is 0.308 e. The molecule has 186 valence electrons. The van der Waals surface area contributed by atoms with Gasteiger partial charge >= 0.3 is 5.97 Å². The van der Waals surface area contributed by atoms with Crippen LogP contribution >= 0.6 is 0 Å². The topological polar surface area (TPSA) is 88.4 Å². The lowest BCUT2D eigenvalue weighted by Gasteiger charge is -2.37. The Hall–Kier alpha value is -3.13.